The van der Waals surface area contributed by atoms with E-state index < -0.39 is 0 Å². The van der Waals surface area contributed by atoms with E-state index in [-0.39, 0.29) is 18.4 Å². The molecule has 2 amide bonds. The van der Waals surface area contributed by atoms with Gasteiger partial charge in [-0.15, -0.1) is 12.4 Å². The molecule has 0 aromatic rings. The summed E-state index contributed by atoms with van der Waals surface area (Å²) in [4.78, 5) is 13.5. The van der Waals surface area contributed by atoms with Crippen molar-refractivity contribution in [2.45, 2.75) is 25.3 Å². The zero-order chi connectivity index (χ0) is 9.10. The Morgan fingerprint density at radius 3 is 2.57 bits per heavy atom. The van der Waals surface area contributed by atoms with Crippen LogP contribution < -0.4 is 10.6 Å². The predicted octanol–water partition coefficient (Wildman–Crippen LogP) is 0.575. The van der Waals surface area contributed by atoms with Crippen LogP contribution in [-0.4, -0.2) is 43.2 Å². The van der Waals surface area contributed by atoms with Gasteiger partial charge in [0, 0.05) is 19.1 Å². The minimum absolute atomic E-state index is 0. The molecule has 2 fully saturated rings. The molecule has 2 aliphatic heterocycles. The molecule has 0 atom stereocenters. The van der Waals surface area contributed by atoms with Crippen LogP contribution in [0.15, 0.2) is 0 Å². The van der Waals surface area contributed by atoms with E-state index in [2.05, 4.69) is 10.6 Å². The molecule has 2 rings (SSSR count). The molecule has 0 aromatic carbocycles. The van der Waals surface area contributed by atoms with E-state index in [0.29, 0.717) is 6.04 Å². The number of rotatable bonds is 1. The number of urea groups is 1. The Morgan fingerprint density at radius 2 is 1.93 bits per heavy atom. The summed E-state index contributed by atoms with van der Waals surface area (Å²) in [6, 6.07) is 0.611. The first kappa shape index (κ1) is 11.6. The second kappa shape index (κ2) is 5.41. The van der Waals surface area contributed by atoms with Gasteiger partial charge in [-0.2, -0.15) is 0 Å². The van der Waals surface area contributed by atoms with Gasteiger partial charge < -0.3 is 15.5 Å². The van der Waals surface area contributed by atoms with Gasteiger partial charge in [0.1, 0.15) is 0 Å². The number of hydrogen-bond donors (Lipinski definition) is 2. The van der Waals surface area contributed by atoms with E-state index >= 15 is 0 Å². The number of nitrogens with zero attached hydrogens (tertiary/aromatic N) is 1. The summed E-state index contributed by atoms with van der Waals surface area (Å²) in [5.41, 5.74) is 0. The average molecular weight is 220 g/mol. The minimum Gasteiger partial charge on any atom is -0.338 e. The molecule has 2 N–H and O–H groups in total. The number of amides is 2. The summed E-state index contributed by atoms with van der Waals surface area (Å²) in [5, 5.41) is 6.21. The monoisotopic (exact) mass is 219 g/mol. The van der Waals surface area contributed by atoms with Gasteiger partial charge in [-0.3, -0.25) is 0 Å². The first-order valence-corrected chi connectivity index (χ1v) is 5.13. The molecule has 0 aromatic heterocycles. The molecular formula is C9H18ClN3O. The van der Waals surface area contributed by atoms with Gasteiger partial charge >= 0.3 is 6.03 Å². The van der Waals surface area contributed by atoms with Crippen LogP contribution in [0.4, 0.5) is 4.79 Å². The summed E-state index contributed by atoms with van der Waals surface area (Å²) in [7, 11) is 0. The van der Waals surface area contributed by atoms with Crippen molar-refractivity contribution in [2.24, 2.45) is 0 Å². The van der Waals surface area contributed by atoms with Crippen molar-refractivity contribution in [1.82, 2.24) is 15.5 Å². The molecule has 82 valence electrons. The summed E-state index contributed by atoms with van der Waals surface area (Å²) in [6.45, 7) is 3.89. The quantitative estimate of drug-likeness (QED) is 0.678. The van der Waals surface area contributed by atoms with Gasteiger partial charge in [0.05, 0.1) is 0 Å². The molecule has 5 heteroatoms. The Bertz CT molecular complexity index is 194. The lowest BCUT2D eigenvalue weighted by Crippen LogP contribution is -2.53. The lowest BCUT2D eigenvalue weighted by atomic mass is 10.0. The summed E-state index contributed by atoms with van der Waals surface area (Å²) in [5.74, 6) is 0. The largest absolute Gasteiger partial charge is 0.338 e. The maximum Gasteiger partial charge on any atom is 0.317 e. The number of nitrogens with one attached hydrogen (secondary N) is 2. The summed E-state index contributed by atoms with van der Waals surface area (Å²) in [6.07, 6.45) is 3.30. The highest BCUT2D eigenvalue weighted by Gasteiger charge is 2.26. The Kier molecular flexibility index (Phi) is 4.48. The summed E-state index contributed by atoms with van der Waals surface area (Å²) < 4.78 is 0. The van der Waals surface area contributed by atoms with Gasteiger partial charge in [-0.25, -0.2) is 4.79 Å². The number of piperidine rings is 1. The van der Waals surface area contributed by atoms with E-state index in [1.54, 1.807) is 0 Å². The lowest BCUT2D eigenvalue weighted by Gasteiger charge is -2.37. The van der Waals surface area contributed by atoms with Gasteiger partial charge in [0.2, 0.25) is 0 Å². The third-order valence-electron chi connectivity index (χ3n) is 2.86. The van der Waals surface area contributed by atoms with Crippen molar-refractivity contribution in [3.63, 3.8) is 0 Å². The van der Waals surface area contributed by atoms with Crippen molar-refractivity contribution in [1.29, 1.82) is 0 Å². The van der Waals surface area contributed by atoms with Gasteiger partial charge in [0.25, 0.3) is 0 Å². The number of carbonyl (C=O) groups excluding carboxylic acids is 1. The Morgan fingerprint density at radius 1 is 1.21 bits per heavy atom. The first-order chi connectivity index (χ1) is 6.38. The molecule has 2 aliphatic rings. The molecule has 0 radical (unpaired) electrons. The molecule has 0 saturated carbocycles. The Hall–Kier alpha value is -0.480. The van der Waals surface area contributed by atoms with Crippen LogP contribution in [0.3, 0.4) is 0 Å². The van der Waals surface area contributed by atoms with Crippen molar-refractivity contribution in [3.05, 3.63) is 0 Å². The maximum atomic E-state index is 11.5. The van der Waals surface area contributed by atoms with E-state index in [4.69, 9.17) is 0 Å². The molecule has 0 spiro atoms. The lowest BCUT2D eigenvalue weighted by molar-refractivity contribution is 0.146. The smallest absolute Gasteiger partial charge is 0.317 e. The molecular weight excluding hydrogens is 202 g/mol. The number of carbonyl (C=O) groups is 1. The highest BCUT2D eigenvalue weighted by atomic mass is 35.5. The first-order valence-electron chi connectivity index (χ1n) is 5.13. The molecule has 0 unspecified atom stereocenters. The Labute approximate surface area is 90.8 Å². The molecule has 4 nitrogen and oxygen atoms in total. The van der Waals surface area contributed by atoms with Gasteiger partial charge in [-0.05, 0) is 32.4 Å². The molecule has 2 saturated heterocycles. The third-order valence-corrected chi connectivity index (χ3v) is 2.86. The van der Waals surface area contributed by atoms with Crippen LogP contribution in [0, 0.1) is 0 Å². The van der Waals surface area contributed by atoms with E-state index in [1.807, 2.05) is 4.90 Å². The van der Waals surface area contributed by atoms with Crippen LogP contribution in [0.1, 0.15) is 19.3 Å². The van der Waals surface area contributed by atoms with Crippen LogP contribution in [-0.2, 0) is 0 Å². The van der Waals surface area contributed by atoms with Gasteiger partial charge in [0.15, 0.2) is 0 Å². The molecule has 2 heterocycles. The second-order valence-corrected chi connectivity index (χ2v) is 3.76. The van der Waals surface area contributed by atoms with E-state index in [1.165, 1.54) is 0 Å². The fraction of sp³-hybridized carbons (Fsp3) is 0.889. The predicted molar refractivity (Wildman–Crippen MR) is 57.9 cm³/mol. The fourth-order valence-electron chi connectivity index (χ4n) is 2.11. The van der Waals surface area contributed by atoms with Crippen molar-refractivity contribution in [2.75, 3.05) is 26.2 Å². The van der Waals surface area contributed by atoms with E-state index in [0.717, 1.165) is 45.4 Å². The maximum absolute atomic E-state index is 11.5. The van der Waals surface area contributed by atoms with Gasteiger partial charge in [-0.1, -0.05) is 0 Å². The minimum atomic E-state index is 0. The normalized spacial score (nSPS) is 24.0. The number of hydrogen-bond acceptors (Lipinski definition) is 2. The highest BCUT2D eigenvalue weighted by molar-refractivity contribution is 5.85. The molecule has 14 heavy (non-hydrogen) atoms. The Balaban J connectivity index is 0.000000980. The molecule has 0 bridgehead atoms. The van der Waals surface area contributed by atoms with Crippen LogP contribution in [0.25, 0.3) is 0 Å². The van der Waals surface area contributed by atoms with E-state index in [9.17, 15) is 4.79 Å². The zero-order valence-corrected chi connectivity index (χ0v) is 9.11. The topological polar surface area (TPSA) is 44.4 Å². The SMILES string of the molecule is Cl.O=C1NCCCN1C1CCNCC1. The fourth-order valence-corrected chi connectivity index (χ4v) is 2.11. The molecule has 0 aliphatic carbocycles. The number of halogens is 1. The van der Waals surface area contributed by atoms with Crippen LogP contribution in [0.2, 0.25) is 0 Å². The standard InChI is InChI=1S/C9H17N3O.ClH/c13-9-11-4-1-7-12(9)8-2-5-10-6-3-8;/h8,10H,1-7H2,(H,11,13);1H. The van der Waals surface area contributed by atoms with Crippen LogP contribution in [0.5, 0.6) is 0 Å². The second-order valence-electron chi connectivity index (χ2n) is 3.76. The van der Waals surface area contributed by atoms with Crippen molar-refractivity contribution < 1.29 is 4.79 Å². The third kappa shape index (κ3) is 2.51. The highest BCUT2D eigenvalue weighted by Crippen LogP contribution is 2.14. The average Bonchev–Trinajstić information content (AvgIpc) is 2.20. The zero-order valence-electron chi connectivity index (χ0n) is 8.29. The van der Waals surface area contributed by atoms with Crippen LogP contribution >= 0.6 is 12.4 Å². The summed E-state index contributed by atoms with van der Waals surface area (Å²) >= 11 is 0. The van der Waals surface area contributed by atoms with Crippen molar-refractivity contribution >= 4 is 18.4 Å². The van der Waals surface area contributed by atoms with Crippen molar-refractivity contribution in [3.8, 4) is 0 Å².